The monoisotopic (exact) mass is 1260 g/mol. The summed E-state index contributed by atoms with van der Waals surface area (Å²) in [6.45, 7) is 11.9. The second-order valence-corrected chi connectivity index (χ2v) is 25.7. The summed E-state index contributed by atoms with van der Waals surface area (Å²) < 4.78 is 26.6. The minimum Gasteiger partial charge on any atom is -0.493 e. The van der Waals surface area contributed by atoms with Gasteiger partial charge in [0.2, 0.25) is 0 Å². The van der Waals surface area contributed by atoms with Crippen LogP contribution in [0.15, 0.2) is 72.8 Å². The molecule has 0 fully saturated rings. The molecule has 8 nitrogen and oxygen atoms in total. The van der Waals surface area contributed by atoms with E-state index in [1.165, 1.54) is 231 Å². The van der Waals surface area contributed by atoms with E-state index in [-0.39, 0.29) is 19.5 Å². The van der Waals surface area contributed by atoms with Gasteiger partial charge in [0.05, 0.1) is 49.2 Å². The SMILES string of the molecule is CCCCCCCCCCCCOc1cc(OCCCCCCCCCCCC)cc(-c2c3nc(cc4ccc([nH]4)c(-c4cc(OCCCCCCCCCCCC)cc(OCCCCCCCCCCCC)c4)c4nc(cc5ccc2[nH]5)C=C4)C=C3)c1.[Zn]. The Hall–Kier alpha value is -5.14. The van der Waals surface area contributed by atoms with Gasteiger partial charge >= 0.3 is 0 Å². The number of fused-ring (bicyclic) bond motifs is 8. The zero-order valence-corrected chi connectivity index (χ0v) is 59.6. The van der Waals surface area contributed by atoms with E-state index in [1.807, 2.05) is 0 Å². The predicted molar refractivity (Wildman–Crippen MR) is 379 cm³/mol. The molecule has 2 N–H and O–H groups in total. The minimum atomic E-state index is 0. The number of nitrogens with zero attached hydrogens (tertiary/aromatic N) is 2. The average Bonchev–Trinajstić information content (AvgIpc) is 3.94. The number of hydrogen-bond donors (Lipinski definition) is 2. The van der Waals surface area contributed by atoms with Crippen LogP contribution in [0.25, 0.3) is 68.6 Å². The smallest absolute Gasteiger partial charge is 0.123 e. The zero-order valence-electron chi connectivity index (χ0n) is 56.6. The van der Waals surface area contributed by atoms with Crippen LogP contribution >= 0.6 is 0 Å². The molecule has 9 heteroatoms. The molecule has 2 aliphatic rings. The van der Waals surface area contributed by atoms with E-state index in [0.29, 0.717) is 26.4 Å². The maximum Gasteiger partial charge on any atom is 0.123 e. The van der Waals surface area contributed by atoms with Gasteiger partial charge in [0.25, 0.3) is 0 Å². The Morgan fingerprint density at radius 2 is 0.528 bits per heavy atom. The molecule has 0 aliphatic carbocycles. The van der Waals surface area contributed by atoms with E-state index in [1.54, 1.807) is 0 Å². The van der Waals surface area contributed by atoms with Gasteiger partial charge in [0.1, 0.15) is 23.0 Å². The van der Waals surface area contributed by atoms with Crippen LogP contribution in [0, 0.1) is 0 Å². The van der Waals surface area contributed by atoms with Crippen molar-refractivity contribution in [2.45, 2.75) is 285 Å². The van der Waals surface area contributed by atoms with Gasteiger partial charge in [-0.15, -0.1) is 0 Å². The normalized spacial score (nSPS) is 11.8. The van der Waals surface area contributed by atoms with Crippen LogP contribution in [-0.4, -0.2) is 46.4 Å². The fourth-order valence-corrected chi connectivity index (χ4v) is 12.6. The molecule has 7 rings (SSSR count). The van der Waals surface area contributed by atoms with Crippen molar-refractivity contribution in [3.05, 3.63) is 95.6 Å². The zero-order chi connectivity index (χ0) is 61.3. The largest absolute Gasteiger partial charge is 0.493 e. The van der Waals surface area contributed by atoms with Gasteiger partial charge in [-0.25, -0.2) is 9.97 Å². The molecular formula is C80H118N4O4Zn. The molecule has 0 radical (unpaired) electrons. The first-order valence-corrected chi connectivity index (χ1v) is 36.5. The molecule has 3 aromatic heterocycles. The molecule has 0 atom stereocenters. The summed E-state index contributed by atoms with van der Waals surface area (Å²) in [5, 5.41) is 0. The van der Waals surface area contributed by atoms with E-state index in [2.05, 4.69) is 135 Å². The van der Waals surface area contributed by atoms with Gasteiger partial charge in [0, 0.05) is 64.8 Å². The van der Waals surface area contributed by atoms with Gasteiger partial charge in [0.15, 0.2) is 0 Å². The molecule has 0 saturated heterocycles. The molecule has 0 saturated carbocycles. The summed E-state index contributed by atoms with van der Waals surface area (Å²) in [7, 11) is 0. The molecule has 0 spiro atoms. The van der Waals surface area contributed by atoms with Crippen molar-refractivity contribution >= 4 is 46.4 Å². The maximum atomic E-state index is 6.64. The summed E-state index contributed by atoms with van der Waals surface area (Å²) in [4.78, 5) is 18.3. The van der Waals surface area contributed by atoms with Crippen molar-refractivity contribution in [3.8, 4) is 45.3 Å². The fraction of sp³-hybridized carbons (Fsp3) is 0.600. The molecule has 5 heterocycles. The van der Waals surface area contributed by atoms with Crippen LogP contribution in [0.4, 0.5) is 0 Å². The summed E-state index contributed by atoms with van der Waals surface area (Å²) in [6, 6.07) is 25.9. The number of unbranched alkanes of at least 4 members (excludes halogenated alkanes) is 36. The first-order chi connectivity index (χ1) is 43.5. The van der Waals surface area contributed by atoms with Crippen molar-refractivity contribution in [1.29, 1.82) is 0 Å². The molecule has 2 aromatic carbocycles. The molecule has 484 valence electrons. The molecule has 2 aliphatic heterocycles. The maximum absolute atomic E-state index is 6.64. The van der Waals surface area contributed by atoms with Crippen molar-refractivity contribution in [1.82, 2.24) is 19.9 Å². The number of aromatic amines is 2. The van der Waals surface area contributed by atoms with Crippen LogP contribution in [0.3, 0.4) is 0 Å². The Morgan fingerprint density at radius 1 is 0.281 bits per heavy atom. The van der Waals surface area contributed by atoms with E-state index in [4.69, 9.17) is 28.9 Å². The van der Waals surface area contributed by atoms with E-state index in [0.717, 1.165) is 116 Å². The first-order valence-electron chi connectivity index (χ1n) is 36.5. The topological polar surface area (TPSA) is 94.3 Å². The van der Waals surface area contributed by atoms with Crippen molar-refractivity contribution in [3.63, 3.8) is 0 Å². The Morgan fingerprint density at radius 3 is 0.787 bits per heavy atom. The quantitative estimate of drug-likeness (QED) is 0.0291. The number of ether oxygens (including phenoxy) is 4. The third-order valence-electron chi connectivity index (χ3n) is 17.8. The summed E-state index contributed by atoms with van der Waals surface area (Å²) >= 11 is 0. The number of hydrogen-bond acceptors (Lipinski definition) is 6. The van der Waals surface area contributed by atoms with E-state index in [9.17, 15) is 0 Å². The van der Waals surface area contributed by atoms with Crippen LogP contribution in [0.2, 0.25) is 0 Å². The first kappa shape index (κ1) is 72.9. The third-order valence-corrected chi connectivity index (χ3v) is 17.8. The molecular weight excluding hydrogens is 1150 g/mol. The van der Waals surface area contributed by atoms with Crippen molar-refractivity contribution in [2.24, 2.45) is 0 Å². The summed E-state index contributed by atoms with van der Waals surface area (Å²) in [6.07, 6.45) is 60.3. The van der Waals surface area contributed by atoms with Crippen LogP contribution < -0.4 is 18.9 Å². The van der Waals surface area contributed by atoms with Gasteiger partial charge in [-0.05, 0) is 122 Å². The standard InChI is InChI=1S/C80H118N4O4.Zn/c1-5-9-13-17-21-25-29-33-37-41-53-85-71-57-65(58-72(63-71)86-54-42-38-34-30-26-22-18-14-10-6-2)79-75-49-45-67(81-75)61-69-47-51-77(83-69)80(78-52-48-70(84-78)62-68-46-50-76(79)82-68)66-59-73(87-55-43-39-35-31-27-23-19-15-11-7-3)64-74(60-66)88-56-44-40-36-32-28-24-20-16-12-8-4;/h45-52,57-64,81,84H,5-44,53-56H2,1-4H3;. The van der Waals surface area contributed by atoms with Gasteiger partial charge in [-0.3, -0.25) is 0 Å². The number of benzene rings is 2. The summed E-state index contributed by atoms with van der Waals surface area (Å²) in [5.74, 6) is 3.34. The number of rotatable bonds is 50. The fourth-order valence-electron chi connectivity index (χ4n) is 12.6. The summed E-state index contributed by atoms with van der Waals surface area (Å²) in [5.41, 5.74) is 11.4. The van der Waals surface area contributed by atoms with Gasteiger partial charge in [-0.2, -0.15) is 0 Å². The molecule has 0 unspecified atom stereocenters. The minimum absolute atomic E-state index is 0. The number of H-pyrrole nitrogens is 2. The van der Waals surface area contributed by atoms with Crippen molar-refractivity contribution in [2.75, 3.05) is 26.4 Å². The van der Waals surface area contributed by atoms with Gasteiger partial charge < -0.3 is 28.9 Å². The Labute approximate surface area is 553 Å². The van der Waals surface area contributed by atoms with Crippen molar-refractivity contribution < 1.29 is 38.4 Å². The number of nitrogens with one attached hydrogen (secondary N) is 2. The molecule has 89 heavy (non-hydrogen) atoms. The van der Waals surface area contributed by atoms with Crippen LogP contribution in [0.5, 0.6) is 23.0 Å². The number of aromatic nitrogens is 4. The second-order valence-electron chi connectivity index (χ2n) is 25.7. The van der Waals surface area contributed by atoms with E-state index < -0.39 is 0 Å². The third kappa shape index (κ3) is 28.1. The van der Waals surface area contributed by atoms with E-state index >= 15 is 0 Å². The molecule has 5 aromatic rings. The van der Waals surface area contributed by atoms with Crippen LogP contribution in [-0.2, 0) is 19.5 Å². The predicted octanol–water partition coefficient (Wildman–Crippen LogP) is 25.2. The molecule has 8 bridgehead atoms. The Kier molecular flexibility index (Phi) is 37.0. The Bertz CT molecular complexity index is 2650. The second kappa shape index (κ2) is 45.2. The van der Waals surface area contributed by atoms with Gasteiger partial charge in [-0.1, -0.05) is 259 Å². The average molecular weight is 1270 g/mol. The van der Waals surface area contributed by atoms with Crippen LogP contribution in [0.1, 0.15) is 307 Å². The molecule has 0 amide bonds. The Balaban J connectivity index is 0.0000126.